The lowest BCUT2D eigenvalue weighted by atomic mass is 10.1. The van der Waals surface area contributed by atoms with Crippen molar-refractivity contribution in [2.24, 2.45) is 0 Å². The molecule has 0 saturated heterocycles. The van der Waals surface area contributed by atoms with Crippen LogP contribution in [0.15, 0.2) is 48.5 Å². The van der Waals surface area contributed by atoms with Crippen LogP contribution in [-0.4, -0.2) is 37.7 Å². The van der Waals surface area contributed by atoms with Gasteiger partial charge < -0.3 is 19.5 Å². The van der Waals surface area contributed by atoms with Crippen molar-refractivity contribution in [2.75, 3.05) is 19.8 Å². The lowest BCUT2D eigenvalue weighted by Gasteiger charge is -2.15. The molecule has 2 aromatic carbocycles. The van der Waals surface area contributed by atoms with Crippen LogP contribution in [-0.2, 0) is 16.0 Å². The molecule has 0 aliphatic heterocycles. The Bertz CT molecular complexity index is 791. The number of benzene rings is 2. The van der Waals surface area contributed by atoms with Crippen molar-refractivity contribution >= 4 is 11.9 Å². The van der Waals surface area contributed by atoms with Gasteiger partial charge in [0.25, 0.3) is 5.91 Å². The Kier molecular flexibility index (Phi) is 9.02. The van der Waals surface area contributed by atoms with Crippen LogP contribution in [0.3, 0.4) is 0 Å². The third-order valence-electron chi connectivity index (χ3n) is 4.15. The molecule has 0 spiro atoms. The maximum absolute atomic E-state index is 12.4. The predicted molar refractivity (Wildman–Crippen MR) is 111 cm³/mol. The zero-order valence-corrected chi connectivity index (χ0v) is 17.3. The Morgan fingerprint density at radius 3 is 2.45 bits per heavy atom. The first kappa shape index (κ1) is 22.3. The van der Waals surface area contributed by atoms with Crippen molar-refractivity contribution in [1.82, 2.24) is 5.32 Å². The minimum atomic E-state index is -0.898. The van der Waals surface area contributed by atoms with E-state index in [1.165, 1.54) is 0 Å². The van der Waals surface area contributed by atoms with Gasteiger partial charge in [-0.05, 0) is 50.5 Å². The van der Waals surface area contributed by atoms with E-state index in [2.05, 4.69) is 5.32 Å². The smallest absolute Gasteiger partial charge is 0.339 e. The molecule has 6 nitrogen and oxygen atoms in total. The van der Waals surface area contributed by atoms with E-state index in [1.807, 2.05) is 44.2 Å². The second-order valence-electron chi connectivity index (χ2n) is 6.52. The Labute approximate surface area is 172 Å². The summed E-state index contributed by atoms with van der Waals surface area (Å²) < 4.78 is 16.5. The largest absolute Gasteiger partial charge is 0.490 e. The van der Waals surface area contributed by atoms with E-state index < -0.39 is 12.1 Å². The van der Waals surface area contributed by atoms with Gasteiger partial charge in [-0.3, -0.25) is 4.79 Å². The number of amides is 1. The second-order valence-corrected chi connectivity index (χ2v) is 6.52. The van der Waals surface area contributed by atoms with Gasteiger partial charge in [0.2, 0.25) is 0 Å². The molecule has 156 valence electrons. The summed E-state index contributed by atoms with van der Waals surface area (Å²) in [5.41, 5.74) is 1.44. The van der Waals surface area contributed by atoms with E-state index >= 15 is 0 Å². The van der Waals surface area contributed by atoms with E-state index in [1.54, 1.807) is 25.1 Å². The van der Waals surface area contributed by atoms with E-state index in [4.69, 9.17) is 14.2 Å². The molecule has 0 radical (unpaired) electrons. The quantitative estimate of drug-likeness (QED) is 0.582. The zero-order chi connectivity index (χ0) is 21.1. The molecular formula is C23H29NO5. The molecule has 0 bridgehead atoms. The number of esters is 1. The van der Waals surface area contributed by atoms with Crippen LogP contribution >= 0.6 is 0 Å². The highest BCUT2D eigenvalue weighted by molar-refractivity contribution is 5.92. The summed E-state index contributed by atoms with van der Waals surface area (Å²) >= 11 is 0. The van der Waals surface area contributed by atoms with Gasteiger partial charge in [-0.15, -0.1) is 0 Å². The first-order valence-corrected chi connectivity index (χ1v) is 9.97. The molecule has 1 atom stereocenters. The molecule has 1 amide bonds. The highest BCUT2D eigenvalue weighted by atomic mass is 16.5. The highest BCUT2D eigenvalue weighted by Crippen LogP contribution is 2.29. The van der Waals surface area contributed by atoms with Crippen molar-refractivity contribution in [3.05, 3.63) is 59.7 Å². The van der Waals surface area contributed by atoms with Crippen LogP contribution < -0.4 is 14.8 Å². The second kappa shape index (κ2) is 11.7. The van der Waals surface area contributed by atoms with Gasteiger partial charge in [-0.25, -0.2) is 4.79 Å². The summed E-state index contributed by atoms with van der Waals surface area (Å²) in [5, 5.41) is 2.79. The zero-order valence-electron chi connectivity index (χ0n) is 17.3. The third-order valence-corrected chi connectivity index (χ3v) is 4.15. The molecule has 29 heavy (non-hydrogen) atoms. The average Bonchev–Trinajstić information content (AvgIpc) is 2.73. The van der Waals surface area contributed by atoms with Gasteiger partial charge in [0.15, 0.2) is 17.6 Å². The first-order chi connectivity index (χ1) is 14.0. The van der Waals surface area contributed by atoms with Gasteiger partial charge >= 0.3 is 5.97 Å². The minimum Gasteiger partial charge on any atom is -0.490 e. The number of nitrogens with one attached hydrogen (secondary N) is 1. The average molecular weight is 399 g/mol. The van der Waals surface area contributed by atoms with Crippen molar-refractivity contribution in [3.63, 3.8) is 0 Å². The molecular weight excluding hydrogens is 370 g/mol. The van der Waals surface area contributed by atoms with E-state index in [9.17, 15) is 9.59 Å². The van der Waals surface area contributed by atoms with Crippen molar-refractivity contribution < 1.29 is 23.8 Å². The normalized spacial score (nSPS) is 11.4. The molecule has 0 fully saturated rings. The number of rotatable bonds is 11. The van der Waals surface area contributed by atoms with Gasteiger partial charge in [-0.2, -0.15) is 0 Å². The Morgan fingerprint density at radius 2 is 1.76 bits per heavy atom. The maximum Gasteiger partial charge on any atom is 0.339 e. The van der Waals surface area contributed by atoms with Crippen molar-refractivity contribution in [2.45, 2.75) is 39.7 Å². The van der Waals surface area contributed by atoms with Gasteiger partial charge in [-0.1, -0.05) is 37.3 Å². The van der Waals surface area contributed by atoms with Crippen LogP contribution in [0.1, 0.15) is 43.1 Å². The van der Waals surface area contributed by atoms with Crippen molar-refractivity contribution in [3.8, 4) is 11.5 Å². The lowest BCUT2D eigenvalue weighted by Crippen LogP contribution is -2.36. The van der Waals surface area contributed by atoms with Crippen molar-refractivity contribution in [1.29, 1.82) is 0 Å². The molecule has 0 aliphatic carbocycles. The Hall–Kier alpha value is -3.02. The Balaban J connectivity index is 1.90. The molecule has 0 saturated carbocycles. The molecule has 1 unspecified atom stereocenters. The topological polar surface area (TPSA) is 73.9 Å². The maximum atomic E-state index is 12.4. The number of carbonyl (C=O) groups is 2. The fourth-order valence-corrected chi connectivity index (χ4v) is 2.64. The SMILES string of the molecule is CCCOc1ccc(C(=O)OC(C)C(=O)NCCc2ccccc2)cc1OCC. The minimum absolute atomic E-state index is 0.307. The standard InChI is InChI=1S/C23H29NO5/c1-4-15-28-20-12-11-19(16-21(20)27-5-2)23(26)29-17(3)22(25)24-14-13-18-9-7-6-8-10-18/h6-12,16-17H,4-5,13-15H2,1-3H3,(H,24,25). The monoisotopic (exact) mass is 399 g/mol. The van der Waals surface area contributed by atoms with Crippen LogP contribution in [0.2, 0.25) is 0 Å². The summed E-state index contributed by atoms with van der Waals surface area (Å²) in [4.78, 5) is 24.6. The number of hydrogen-bond donors (Lipinski definition) is 1. The summed E-state index contributed by atoms with van der Waals surface area (Å²) in [6.45, 7) is 6.90. The van der Waals surface area contributed by atoms with E-state index in [0.717, 1.165) is 12.0 Å². The van der Waals surface area contributed by atoms with Gasteiger partial charge in [0, 0.05) is 6.54 Å². The van der Waals surface area contributed by atoms with Crippen LogP contribution in [0.4, 0.5) is 0 Å². The first-order valence-electron chi connectivity index (χ1n) is 9.97. The summed E-state index contributed by atoms with van der Waals surface area (Å²) in [7, 11) is 0. The lowest BCUT2D eigenvalue weighted by molar-refractivity contribution is -0.129. The summed E-state index contributed by atoms with van der Waals surface area (Å²) in [6.07, 6.45) is 0.682. The van der Waals surface area contributed by atoms with E-state index in [0.29, 0.717) is 43.2 Å². The fraction of sp³-hybridized carbons (Fsp3) is 0.391. The number of ether oxygens (including phenoxy) is 3. The third kappa shape index (κ3) is 7.14. The summed E-state index contributed by atoms with van der Waals surface area (Å²) in [5.74, 6) is 0.147. The molecule has 6 heteroatoms. The highest BCUT2D eigenvalue weighted by Gasteiger charge is 2.20. The molecule has 0 aliphatic rings. The number of carbonyl (C=O) groups excluding carboxylic acids is 2. The molecule has 1 N–H and O–H groups in total. The van der Waals surface area contributed by atoms with Gasteiger partial charge in [0.05, 0.1) is 18.8 Å². The van der Waals surface area contributed by atoms with Crippen LogP contribution in [0, 0.1) is 0 Å². The number of hydrogen-bond acceptors (Lipinski definition) is 5. The Morgan fingerprint density at radius 1 is 1.00 bits per heavy atom. The summed E-state index contributed by atoms with van der Waals surface area (Å²) in [6, 6.07) is 14.7. The molecule has 2 rings (SSSR count). The van der Waals surface area contributed by atoms with Crippen LogP contribution in [0.5, 0.6) is 11.5 Å². The molecule has 0 heterocycles. The molecule has 2 aromatic rings. The fourth-order valence-electron chi connectivity index (χ4n) is 2.64. The van der Waals surface area contributed by atoms with Gasteiger partial charge in [0.1, 0.15) is 0 Å². The predicted octanol–water partition coefficient (Wildman–Crippen LogP) is 3.78. The molecule has 0 aromatic heterocycles. The van der Waals surface area contributed by atoms with E-state index in [-0.39, 0.29) is 5.91 Å². The van der Waals surface area contributed by atoms with Crippen LogP contribution in [0.25, 0.3) is 0 Å².